The standard InChI is InChI=1S/C12H20ClSi/c1-4-14(5-2,6-3)13-12-10-8-7-9-11-12/h7-11H,4-6H2,1-3H3/q+1. The number of benzene rings is 1. The Morgan fingerprint density at radius 2 is 1.43 bits per heavy atom. The van der Waals surface area contributed by atoms with E-state index in [9.17, 15) is 0 Å². The average Bonchev–Trinajstić information content (AvgIpc) is 2.28. The van der Waals surface area contributed by atoms with Gasteiger partial charge in [0, 0.05) is 12.1 Å². The maximum Gasteiger partial charge on any atom is 0.386 e. The molecule has 0 aromatic heterocycles. The molecule has 2 heteroatoms. The van der Waals surface area contributed by atoms with E-state index in [-0.39, 0.29) is 0 Å². The van der Waals surface area contributed by atoms with Gasteiger partial charge in [-0.2, -0.15) is 0 Å². The van der Waals surface area contributed by atoms with E-state index in [0.29, 0.717) is 0 Å². The highest BCUT2D eigenvalue weighted by atomic mass is 35.6. The molecule has 1 rings (SSSR count). The van der Waals surface area contributed by atoms with Crippen LogP contribution in [0.3, 0.4) is 0 Å². The van der Waals surface area contributed by atoms with Gasteiger partial charge in [-0.15, -0.1) is 0 Å². The molecule has 0 aliphatic rings. The quantitative estimate of drug-likeness (QED) is 0.523. The van der Waals surface area contributed by atoms with Crippen LogP contribution in [-0.4, -0.2) is 7.38 Å². The highest BCUT2D eigenvalue weighted by Gasteiger charge is 2.44. The topological polar surface area (TPSA) is 0 Å². The second-order valence-electron chi connectivity index (χ2n) is 3.60. The molecule has 0 fully saturated rings. The van der Waals surface area contributed by atoms with E-state index in [1.807, 2.05) is 0 Å². The van der Waals surface area contributed by atoms with E-state index in [4.69, 9.17) is 0 Å². The Bertz CT molecular complexity index is 246. The Hall–Kier alpha value is -0.273. The van der Waals surface area contributed by atoms with Gasteiger partial charge in [0.05, 0.1) is 10.3 Å². The van der Waals surface area contributed by atoms with Gasteiger partial charge >= 0.3 is 7.38 Å². The van der Waals surface area contributed by atoms with E-state index >= 15 is 0 Å². The lowest BCUT2D eigenvalue weighted by Crippen LogP contribution is -2.33. The van der Waals surface area contributed by atoms with Crippen LogP contribution in [0.5, 0.6) is 0 Å². The molecule has 0 saturated heterocycles. The fourth-order valence-corrected chi connectivity index (χ4v) is 7.26. The average molecular weight is 228 g/mol. The predicted octanol–water partition coefficient (Wildman–Crippen LogP) is 4.19. The second kappa shape index (κ2) is 5.57. The van der Waals surface area contributed by atoms with Crippen molar-refractivity contribution in [2.45, 2.75) is 38.9 Å². The molecule has 0 aliphatic heterocycles. The summed E-state index contributed by atoms with van der Waals surface area (Å²) in [7, 11) is 1.61. The van der Waals surface area contributed by atoms with Crippen molar-refractivity contribution in [3.8, 4) is 0 Å². The normalized spacial score (nSPS) is 11.6. The van der Waals surface area contributed by atoms with Gasteiger partial charge in [-0.1, -0.05) is 39.0 Å². The van der Waals surface area contributed by atoms with Crippen molar-refractivity contribution in [1.29, 1.82) is 0 Å². The number of hydrogen-bond acceptors (Lipinski definition) is 0. The van der Waals surface area contributed by atoms with Crippen molar-refractivity contribution in [3.63, 3.8) is 0 Å². The molecule has 0 aliphatic carbocycles. The molecule has 0 unspecified atom stereocenters. The van der Waals surface area contributed by atoms with Gasteiger partial charge in [0.25, 0.3) is 0 Å². The molecule has 0 spiro atoms. The minimum absolute atomic E-state index is 1.10. The monoisotopic (exact) mass is 227 g/mol. The van der Waals surface area contributed by atoms with Gasteiger partial charge in [0.15, 0.2) is 0 Å². The van der Waals surface area contributed by atoms with Crippen molar-refractivity contribution in [2.24, 2.45) is 0 Å². The third-order valence-corrected chi connectivity index (χ3v) is 11.9. The summed E-state index contributed by atoms with van der Waals surface area (Å²) < 4.78 is 0. The van der Waals surface area contributed by atoms with E-state index in [2.05, 4.69) is 61.4 Å². The molecule has 0 bridgehead atoms. The van der Waals surface area contributed by atoms with Crippen LogP contribution in [0, 0.1) is 10.3 Å². The molecule has 0 amide bonds. The zero-order chi connectivity index (χ0) is 10.4. The Balaban J connectivity index is 2.74. The van der Waals surface area contributed by atoms with Crippen LogP contribution in [0.1, 0.15) is 20.8 Å². The Kier molecular flexibility index (Phi) is 4.69. The zero-order valence-corrected chi connectivity index (χ0v) is 11.1. The van der Waals surface area contributed by atoms with Crippen LogP contribution in [0.4, 0.5) is 0 Å². The lowest BCUT2D eigenvalue weighted by Gasteiger charge is -2.11. The van der Waals surface area contributed by atoms with Crippen LogP contribution in [0.2, 0.25) is 23.2 Å². The highest BCUT2D eigenvalue weighted by Crippen LogP contribution is 2.26. The summed E-state index contributed by atoms with van der Waals surface area (Å²) >= 11 is 0. The molecule has 1 aromatic carbocycles. The van der Waals surface area contributed by atoms with Crippen LogP contribution in [-0.2, 0) is 0 Å². The van der Waals surface area contributed by atoms with Gasteiger partial charge in [0.1, 0.15) is 0 Å². The molecule has 0 saturated carbocycles. The summed E-state index contributed by atoms with van der Waals surface area (Å²) in [6, 6.07) is 14.9. The Labute approximate surface area is 92.2 Å². The molecule has 78 valence electrons. The minimum atomic E-state index is -1.10. The largest absolute Gasteiger partial charge is 0.386 e. The molecule has 0 nitrogen and oxygen atoms in total. The summed E-state index contributed by atoms with van der Waals surface area (Å²) in [6.07, 6.45) is 0. The van der Waals surface area contributed by atoms with Crippen molar-refractivity contribution in [1.82, 2.24) is 0 Å². The summed E-state index contributed by atoms with van der Waals surface area (Å²) in [4.78, 5) is 0. The first-order valence-electron chi connectivity index (χ1n) is 5.47. The number of rotatable bonds is 5. The smallest absolute Gasteiger partial charge is 0.0628 e. The third-order valence-electron chi connectivity index (χ3n) is 2.94. The molecule has 0 radical (unpaired) electrons. The van der Waals surface area contributed by atoms with Crippen LogP contribution >= 0.6 is 0 Å². The molecule has 0 atom stereocenters. The van der Waals surface area contributed by atoms with Gasteiger partial charge in [-0.25, -0.2) is 0 Å². The molecule has 14 heavy (non-hydrogen) atoms. The molecular weight excluding hydrogens is 208 g/mol. The number of halogens is 1. The predicted molar refractivity (Wildman–Crippen MR) is 62.8 cm³/mol. The lowest BCUT2D eigenvalue weighted by atomic mass is 10.4. The molecular formula is C12H20ClSi+. The van der Waals surface area contributed by atoms with Crippen molar-refractivity contribution in [2.75, 3.05) is 0 Å². The summed E-state index contributed by atoms with van der Waals surface area (Å²) in [5.41, 5.74) is 0. The SMILES string of the molecule is CC[Si](CC)(CC)[Cl+]c1ccccc1. The van der Waals surface area contributed by atoms with Crippen molar-refractivity contribution < 1.29 is 10.3 Å². The van der Waals surface area contributed by atoms with E-state index in [0.717, 1.165) is 0 Å². The zero-order valence-electron chi connectivity index (χ0n) is 9.39. The summed E-state index contributed by atoms with van der Waals surface area (Å²) in [6.45, 7) is 7.03. The van der Waals surface area contributed by atoms with Gasteiger partial charge < -0.3 is 0 Å². The van der Waals surface area contributed by atoms with E-state index in [1.54, 1.807) is 0 Å². The van der Waals surface area contributed by atoms with E-state index in [1.165, 1.54) is 23.2 Å². The van der Waals surface area contributed by atoms with Gasteiger partial charge in [0.2, 0.25) is 5.02 Å². The van der Waals surface area contributed by atoms with Crippen molar-refractivity contribution in [3.05, 3.63) is 35.4 Å². The van der Waals surface area contributed by atoms with Crippen molar-refractivity contribution >= 4 is 7.38 Å². The molecule has 1 aromatic rings. The van der Waals surface area contributed by atoms with Crippen LogP contribution in [0.25, 0.3) is 0 Å². The maximum absolute atomic E-state index is 2.71. The maximum atomic E-state index is 2.71. The Morgan fingerprint density at radius 3 is 1.86 bits per heavy atom. The summed E-state index contributed by atoms with van der Waals surface area (Å²) in [5.74, 6) is 0. The number of hydrogen-bond donors (Lipinski definition) is 0. The van der Waals surface area contributed by atoms with E-state index < -0.39 is 7.38 Å². The molecule has 0 N–H and O–H groups in total. The Morgan fingerprint density at radius 1 is 0.929 bits per heavy atom. The third kappa shape index (κ3) is 2.86. The first-order chi connectivity index (χ1) is 6.76. The first kappa shape index (κ1) is 11.8. The minimum Gasteiger partial charge on any atom is -0.0628 e. The molecule has 0 heterocycles. The summed E-state index contributed by atoms with van der Waals surface area (Å²) in [5, 5.41) is 1.41. The van der Waals surface area contributed by atoms with Gasteiger partial charge in [-0.3, -0.25) is 0 Å². The second-order valence-corrected chi connectivity index (χ2v) is 11.6. The van der Waals surface area contributed by atoms with Crippen LogP contribution in [0.15, 0.2) is 30.3 Å². The highest BCUT2D eigenvalue weighted by molar-refractivity contribution is 6.71. The fraction of sp³-hybridized carbons (Fsp3) is 0.500. The van der Waals surface area contributed by atoms with Gasteiger partial charge in [-0.05, 0) is 18.1 Å². The lowest BCUT2D eigenvalue weighted by molar-refractivity contribution is -0.466. The van der Waals surface area contributed by atoms with Crippen LogP contribution < -0.4 is 0 Å². The first-order valence-corrected chi connectivity index (χ1v) is 9.48. The fourth-order valence-electron chi connectivity index (χ4n) is 1.66.